The van der Waals surface area contributed by atoms with Crippen LogP contribution in [0.15, 0.2) is 12.2 Å². The summed E-state index contributed by atoms with van der Waals surface area (Å²) in [7, 11) is 0. The van der Waals surface area contributed by atoms with Crippen molar-refractivity contribution in [3.8, 4) is 0 Å². The summed E-state index contributed by atoms with van der Waals surface area (Å²) in [5, 5.41) is 61.4. The first-order valence-electron chi connectivity index (χ1n) is 9.36. The molecule has 28 heavy (non-hydrogen) atoms. The molecule has 1 saturated heterocycles. The van der Waals surface area contributed by atoms with E-state index in [4.69, 9.17) is 9.47 Å². The molecule has 1 aliphatic heterocycles. The first kappa shape index (κ1) is 23.4. The standard InChI is InChI=1S/C19H32O9/c1-10(21)5-6-19(26)17(2,3)7-11(8-18(19,4)25)27-16-15(24)14(23)13(22)12(9-20)28-16/h5-6,11-16,20,22-26H,7-9H2,1-4H3/b6-5+/t11-,12+,13+,14-,15+,16+,18-,19+/m0/s1. The minimum Gasteiger partial charge on any atom is -0.394 e. The van der Waals surface area contributed by atoms with Crippen LogP contribution in [0.4, 0.5) is 0 Å². The Bertz CT molecular complexity index is 580. The highest BCUT2D eigenvalue weighted by Crippen LogP contribution is 2.51. The van der Waals surface area contributed by atoms with E-state index in [-0.39, 0.29) is 18.6 Å². The predicted molar refractivity (Wildman–Crippen MR) is 97.0 cm³/mol. The number of aliphatic hydroxyl groups excluding tert-OH is 4. The molecule has 1 heterocycles. The Kier molecular flexibility index (Phi) is 6.74. The summed E-state index contributed by atoms with van der Waals surface area (Å²) in [6.45, 7) is 5.63. The smallest absolute Gasteiger partial charge is 0.186 e. The second kappa shape index (κ2) is 8.08. The molecule has 1 saturated carbocycles. The predicted octanol–water partition coefficient (Wildman–Crippen LogP) is -1.38. The summed E-state index contributed by atoms with van der Waals surface area (Å²) in [4.78, 5) is 11.3. The molecular weight excluding hydrogens is 372 g/mol. The van der Waals surface area contributed by atoms with E-state index in [0.29, 0.717) is 0 Å². The van der Waals surface area contributed by atoms with Crippen molar-refractivity contribution in [2.24, 2.45) is 5.41 Å². The number of ketones is 1. The molecule has 162 valence electrons. The van der Waals surface area contributed by atoms with Crippen molar-refractivity contribution in [3.05, 3.63) is 12.2 Å². The van der Waals surface area contributed by atoms with Gasteiger partial charge in [-0.3, -0.25) is 4.79 Å². The van der Waals surface area contributed by atoms with Gasteiger partial charge in [-0.25, -0.2) is 0 Å². The Hall–Kier alpha value is -0.910. The maximum Gasteiger partial charge on any atom is 0.186 e. The summed E-state index contributed by atoms with van der Waals surface area (Å²) in [5.74, 6) is -0.264. The van der Waals surface area contributed by atoms with Gasteiger partial charge in [0, 0.05) is 11.8 Å². The lowest BCUT2D eigenvalue weighted by atomic mass is 9.57. The van der Waals surface area contributed by atoms with Crippen LogP contribution in [0.1, 0.15) is 40.5 Å². The summed E-state index contributed by atoms with van der Waals surface area (Å²) in [6.07, 6.45) is -4.98. The summed E-state index contributed by atoms with van der Waals surface area (Å²) >= 11 is 0. The summed E-state index contributed by atoms with van der Waals surface area (Å²) in [5.41, 5.74) is -4.29. The quantitative estimate of drug-likeness (QED) is 0.304. The topological polar surface area (TPSA) is 157 Å². The molecule has 0 bridgehead atoms. The van der Waals surface area contributed by atoms with Crippen LogP contribution in [-0.4, -0.2) is 91.0 Å². The van der Waals surface area contributed by atoms with E-state index >= 15 is 0 Å². The van der Waals surface area contributed by atoms with Gasteiger partial charge in [0.2, 0.25) is 0 Å². The van der Waals surface area contributed by atoms with Crippen LogP contribution >= 0.6 is 0 Å². The van der Waals surface area contributed by atoms with Gasteiger partial charge in [-0.15, -0.1) is 0 Å². The van der Waals surface area contributed by atoms with Gasteiger partial charge < -0.3 is 40.1 Å². The molecule has 9 nitrogen and oxygen atoms in total. The van der Waals surface area contributed by atoms with Crippen molar-refractivity contribution in [1.82, 2.24) is 0 Å². The van der Waals surface area contributed by atoms with Gasteiger partial charge in [0.1, 0.15) is 30.0 Å². The first-order chi connectivity index (χ1) is 12.8. The lowest BCUT2D eigenvalue weighted by Crippen LogP contribution is -2.66. The lowest BCUT2D eigenvalue weighted by molar-refractivity contribution is -0.326. The molecule has 0 spiro atoms. The van der Waals surface area contributed by atoms with E-state index in [2.05, 4.69) is 0 Å². The molecule has 0 aromatic rings. The van der Waals surface area contributed by atoms with Crippen molar-refractivity contribution in [1.29, 1.82) is 0 Å². The second-order valence-electron chi connectivity index (χ2n) is 8.73. The lowest BCUT2D eigenvalue weighted by Gasteiger charge is -2.56. The fourth-order valence-electron chi connectivity index (χ4n) is 4.23. The Morgan fingerprint density at radius 2 is 1.71 bits per heavy atom. The first-order valence-corrected chi connectivity index (χ1v) is 9.36. The molecule has 0 unspecified atom stereocenters. The highest BCUT2D eigenvalue weighted by atomic mass is 16.7. The zero-order valence-electron chi connectivity index (χ0n) is 16.6. The monoisotopic (exact) mass is 404 g/mol. The van der Waals surface area contributed by atoms with Crippen molar-refractivity contribution in [3.63, 3.8) is 0 Å². The number of hydrogen-bond donors (Lipinski definition) is 6. The Balaban J connectivity index is 2.21. The van der Waals surface area contributed by atoms with Crippen LogP contribution in [0.25, 0.3) is 0 Å². The third-order valence-corrected chi connectivity index (χ3v) is 5.95. The Labute approximate surface area is 164 Å². The van der Waals surface area contributed by atoms with Crippen LogP contribution in [0.2, 0.25) is 0 Å². The number of carbonyl (C=O) groups excluding carboxylic acids is 1. The fraction of sp³-hybridized carbons (Fsp3) is 0.842. The van der Waals surface area contributed by atoms with Gasteiger partial charge in [-0.2, -0.15) is 0 Å². The fourth-order valence-corrected chi connectivity index (χ4v) is 4.23. The highest BCUT2D eigenvalue weighted by Gasteiger charge is 2.59. The van der Waals surface area contributed by atoms with Gasteiger partial charge in [0.05, 0.1) is 18.3 Å². The van der Waals surface area contributed by atoms with E-state index < -0.39 is 60.0 Å². The van der Waals surface area contributed by atoms with E-state index in [1.165, 1.54) is 26.0 Å². The van der Waals surface area contributed by atoms with E-state index in [1.54, 1.807) is 13.8 Å². The third-order valence-electron chi connectivity index (χ3n) is 5.95. The van der Waals surface area contributed by atoms with Crippen molar-refractivity contribution >= 4 is 5.78 Å². The zero-order valence-corrected chi connectivity index (χ0v) is 16.6. The van der Waals surface area contributed by atoms with Crippen molar-refractivity contribution < 1.29 is 44.9 Å². The van der Waals surface area contributed by atoms with Crippen LogP contribution < -0.4 is 0 Å². The van der Waals surface area contributed by atoms with Gasteiger partial charge in [-0.05, 0) is 32.4 Å². The minimum absolute atomic E-state index is 0.0375. The molecule has 0 radical (unpaired) electrons. The molecule has 0 amide bonds. The van der Waals surface area contributed by atoms with Gasteiger partial charge >= 0.3 is 0 Å². The molecule has 9 heteroatoms. The minimum atomic E-state index is -1.71. The molecule has 8 atom stereocenters. The number of carbonyl (C=O) groups is 1. The zero-order chi connectivity index (χ0) is 21.5. The summed E-state index contributed by atoms with van der Waals surface area (Å²) < 4.78 is 11.1. The maximum atomic E-state index is 11.3. The van der Waals surface area contributed by atoms with E-state index in [1.807, 2.05) is 0 Å². The second-order valence-corrected chi connectivity index (χ2v) is 8.73. The van der Waals surface area contributed by atoms with Gasteiger partial charge in [0.25, 0.3) is 0 Å². The van der Waals surface area contributed by atoms with Gasteiger partial charge in [0.15, 0.2) is 12.1 Å². The van der Waals surface area contributed by atoms with Crippen molar-refractivity contribution in [2.75, 3.05) is 6.61 Å². The molecule has 2 rings (SSSR count). The molecule has 2 aliphatic rings. The average molecular weight is 404 g/mol. The summed E-state index contributed by atoms with van der Waals surface area (Å²) in [6, 6.07) is 0. The number of aliphatic hydroxyl groups is 6. The number of allylic oxidation sites excluding steroid dienone is 1. The molecule has 0 aromatic carbocycles. The Morgan fingerprint density at radius 1 is 1.11 bits per heavy atom. The molecule has 1 aliphatic carbocycles. The van der Waals surface area contributed by atoms with E-state index in [0.717, 1.165) is 0 Å². The SMILES string of the molecule is CC(=O)/C=C/[C@@]1(O)C(C)(C)C[C@H](O[C@@H]2O[C@H](CO)[C@@H](O)[C@H](O)[C@H]2O)C[C@]1(C)O. The third kappa shape index (κ3) is 4.17. The molecule has 0 aromatic heterocycles. The largest absolute Gasteiger partial charge is 0.394 e. The maximum absolute atomic E-state index is 11.3. The Morgan fingerprint density at radius 3 is 2.21 bits per heavy atom. The average Bonchev–Trinajstić information content (AvgIpc) is 2.57. The highest BCUT2D eigenvalue weighted by molar-refractivity contribution is 5.87. The van der Waals surface area contributed by atoms with Crippen LogP contribution in [0.5, 0.6) is 0 Å². The van der Waals surface area contributed by atoms with E-state index in [9.17, 15) is 35.4 Å². The van der Waals surface area contributed by atoms with Crippen LogP contribution in [-0.2, 0) is 14.3 Å². The number of rotatable bonds is 5. The van der Waals surface area contributed by atoms with Crippen LogP contribution in [0, 0.1) is 5.41 Å². The number of ether oxygens (including phenoxy) is 2. The molecular formula is C19H32O9. The normalized spacial score (nSPS) is 46.6. The molecule has 6 N–H and O–H groups in total. The number of hydrogen-bond acceptors (Lipinski definition) is 9. The molecule has 2 fully saturated rings. The van der Waals surface area contributed by atoms with Crippen LogP contribution in [0.3, 0.4) is 0 Å². The van der Waals surface area contributed by atoms with Gasteiger partial charge in [-0.1, -0.05) is 13.8 Å². The van der Waals surface area contributed by atoms with Crippen molar-refractivity contribution in [2.45, 2.75) is 88.5 Å².